The van der Waals surface area contributed by atoms with Crippen LogP contribution in [-0.4, -0.2) is 35.7 Å². The lowest BCUT2D eigenvalue weighted by atomic mass is 9.91. The molecule has 0 aromatic rings. The first-order chi connectivity index (χ1) is 6.90. The molecule has 2 fully saturated rings. The summed E-state index contributed by atoms with van der Waals surface area (Å²) < 4.78 is 0. The van der Waals surface area contributed by atoms with Gasteiger partial charge in [0.25, 0.3) is 0 Å². The molecule has 0 atom stereocenters. The molecule has 0 aromatic carbocycles. The lowest BCUT2D eigenvalue weighted by molar-refractivity contribution is 0.113. The Morgan fingerprint density at radius 2 is 1.86 bits per heavy atom. The Kier molecular flexibility index (Phi) is 3.82. The molecule has 0 aliphatic heterocycles. The average molecular weight is 197 g/mol. The van der Waals surface area contributed by atoms with E-state index in [0.29, 0.717) is 6.61 Å². The first kappa shape index (κ1) is 10.4. The van der Waals surface area contributed by atoms with Crippen molar-refractivity contribution < 1.29 is 5.11 Å². The highest BCUT2D eigenvalue weighted by molar-refractivity contribution is 4.82. The molecule has 0 bridgehead atoms. The standard InChI is InChI=1S/C12H23NO/c14-10-2-8-13(12-3-1-4-12)9-7-11-5-6-11/h11-12,14H,1-10H2. The van der Waals surface area contributed by atoms with Gasteiger partial charge in [-0.15, -0.1) is 0 Å². The lowest BCUT2D eigenvalue weighted by Crippen LogP contribution is -2.41. The highest BCUT2D eigenvalue weighted by atomic mass is 16.3. The highest BCUT2D eigenvalue weighted by Gasteiger charge is 2.27. The second-order valence-corrected chi connectivity index (χ2v) is 4.93. The summed E-state index contributed by atoms with van der Waals surface area (Å²) in [6.07, 6.45) is 9.52. The van der Waals surface area contributed by atoms with Crippen LogP contribution in [0, 0.1) is 5.92 Å². The first-order valence-corrected chi connectivity index (χ1v) is 6.25. The van der Waals surface area contributed by atoms with E-state index in [4.69, 9.17) is 5.11 Å². The van der Waals surface area contributed by atoms with E-state index < -0.39 is 0 Å². The Bertz CT molecular complexity index is 164. The Labute approximate surface area is 87.3 Å². The van der Waals surface area contributed by atoms with Crippen molar-refractivity contribution >= 4 is 0 Å². The Morgan fingerprint density at radius 1 is 1.07 bits per heavy atom. The van der Waals surface area contributed by atoms with Gasteiger partial charge in [-0.3, -0.25) is 0 Å². The molecule has 2 rings (SSSR count). The Morgan fingerprint density at radius 3 is 2.36 bits per heavy atom. The molecular weight excluding hydrogens is 174 g/mol. The molecule has 2 nitrogen and oxygen atoms in total. The normalized spacial score (nSPS) is 22.7. The number of nitrogens with zero attached hydrogens (tertiary/aromatic N) is 1. The van der Waals surface area contributed by atoms with Crippen molar-refractivity contribution in [1.29, 1.82) is 0 Å². The zero-order valence-electron chi connectivity index (χ0n) is 9.12. The first-order valence-electron chi connectivity index (χ1n) is 6.25. The van der Waals surface area contributed by atoms with Crippen LogP contribution in [0.1, 0.15) is 44.9 Å². The van der Waals surface area contributed by atoms with Crippen LogP contribution in [0.25, 0.3) is 0 Å². The molecule has 2 heteroatoms. The van der Waals surface area contributed by atoms with Crippen LogP contribution >= 0.6 is 0 Å². The number of rotatable bonds is 7. The molecule has 1 N–H and O–H groups in total. The predicted molar refractivity (Wildman–Crippen MR) is 58.3 cm³/mol. The average Bonchev–Trinajstić information content (AvgIpc) is 2.89. The second kappa shape index (κ2) is 5.13. The summed E-state index contributed by atoms with van der Waals surface area (Å²) in [7, 11) is 0. The van der Waals surface area contributed by atoms with Gasteiger partial charge < -0.3 is 10.0 Å². The van der Waals surface area contributed by atoms with Crippen molar-refractivity contribution in [2.75, 3.05) is 19.7 Å². The molecule has 2 saturated carbocycles. The van der Waals surface area contributed by atoms with Crippen molar-refractivity contribution in [3.8, 4) is 0 Å². The largest absolute Gasteiger partial charge is 0.396 e. The molecule has 82 valence electrons. The van der Waals surface area contributed by atoms with Crippen LogP contribution < -0.4 is 0 Å². The van der Waals surface area contributed by atoms with Crippen molar-refractivity contribution in [1.82, 2.24) is 4.90 Å². The number of hydrogen-bond acceptors (Lipinski definition) is 2. The molecule has 0 saturated heterocycles. The van der Waals surface area contributed by atoms with Gasteiger partial charge in [0.15, 0.2) is 0 Å². The maximum absolute atomic E-state index is 8.85. The predicted octanol–water partition coefficient (Wildman–Crippen LogP) is 2.02. The van der Waals surface area contributed by atoms with Gasteiger partial charge in [-0.25, -0.2) is 0 Å². The summed E-state index contributed by atoms with van der Waals surface area (Å²) in [5, 5.41) is 8.85. The van der Waals surface area contributed by atoms with Crippen molar-refractivity contribution in [2.45, 2.75) is 51.0 Å². The van der Waals surface area contributed by atoms with E-state index in [1.54, 1.807) is 0 Å². The zero-order chi connectivity index (χ0) is 9.80. The molecule has 0 amide bonds. The van der Waals surface area contributed by atoms with Gasteiger partial charge >= 0.3 is 0 Å². The van der Waals surface area contributed by atoms with Crippen LogP contribution in [-0.2, 0) is 0 Å². The van der Waals surface area contributed by atoms with Crippen LogP contribution in [0.2, 0.25) is 0 Å². The summed E-state index contributed by atoms with van der Waals surface area (Å²) >= 11 is 0. The maximum Gasteiger partial charge on any atom is 0.0443 e. The van der Waals surface area contributed by atoms with Gasteiger partial charge in [0.1, 0.15) is 0 Å². The van der Waals surface area contributed by atoms with Crippen molar-refractivity contribution in [3.63, 3.8) is 0 Å². The van der Waals surface area contributed by atoms with Gasteiger partial charge in [-0.2, -0.15) is 0 Å². The van der Waals surface area contributed by atoms with E-state index in [-0.39, 0.29) is 0 Å². The van der Waals surface area contributed by atoms with Crippen molar-refractivity contribution in [3.05, 3.63) is 0 Å². The summed E-state index contributed by atoms with van der Waals surface area (Å²) in [5.41, 5.74) is 0. The molecule has 0 radical (unpaired) electrons. The summed E-state index contributed by atoms with van der Waals surface area (Å²) in [6.45, 7) is 2.76. The van der Waals surface area contributed by atoms with Gasteiger partial charge in [0.2, 0.25) is 0 Å². The third-order valence-electron chi connectivity index (χ3n) is 3.72. The summed E-state index contributed by atoms with van der Waals surface area (Å²) in [5.74, 6) is 1.05. The van der Waals surface area contributed by atoms with E-state index in [1.807, 2.05) is 0 Å². The fourth-order valence-electron chi connectivity index (χ4n) is 2.26. The molecule has 0 unspecified atom stereocenters. The zero-order valence-corrected chi connectivity index (χ0v) is 9.12. The maximum atomic E-state index is 8.85. The van der Waals surface area contributed by atoms with E-state index >= 15 is 0 Å². The van der Waals surface area contributed by atoms with E-state index in [1.165, 1.54) is 45.1 Å². The van der Waals surface area contributed by atoms with Gasteiger partial charge in [-0.05, 0) is 38.1 Å². The van der Waals surface area contributed by atoms with Gasteiger partial charge in [0.05, 0.1) is 0 Å². The lowest BCUT2D eigenvalue weighted by Gasteiger charge is -2.37. The quantitative estimate of drug-likeness (QED) is 0.675. The minimum atomic E-state index is 0.354. The molecule has 0 heterocycles. The molecule has 14 heavy (non-hydrogen) atoms. The van der Waals surface area contributed by atoms with Crippen LogP contribution in [0.5, 0.6) is 0 Å². The molecule has 2 aliphatic rings. The topological polar surface area (TPSA) is 23.5 Å². The fraction of sp³-hybridized carbons (Fsp3) is 1.00. The van der Waals surface area contributed by atoms with E-state index in [9.17, 15) is 0 Å². The van der Waals surface area contributed by atoms with Crippen molar-refractivity contribution in [2.24, 2.45) is 5.92 Å². The minimum Gasteiger partial charge on any atom is -0.396 e. The van der Waals surface area contributed by atoms with Crippen LogP contribution in [0.4, 0.5) is 0 Å². The highest BCUT2D eigenvalue weighted by Crippen LogP contribution is 2.33. The monoisotopic (exact) mass is 197 g/mol. The fourth-order valence-corrected chi connectivity index (χ4v) is 2.26. The third-order valence-corrected chi connectivity index (χ3v) is 3.72. The number of aliphatic hydroxyl groups excluding tert-OH is 1. The van der Waals surface area contributed by atoms with Crippen LogP contribution in [0.15, 0.2) is 0 Å². The third kappa shape index (κ3) is 2.96. The molecule has 0 aromatic heterocycles. The Hall–Kier alpha value is -0.0800. The molecular formula is C12H23NO. The van der Waals surface area contributed by atoms with E-state index in [2.05, 4.69) is 4.90 Å². The van der Waals surface area contributed by atoms with Gasteiger partial charge in [-0.1, -0.05) is 19.3 Å². The summed E-state index contributed by atoms with van der Waals surface area (Å²) in [4.78, 5) is 2.62. The van der Waals surface area contributed by atoms with Gasteiger partial charge in [0, 0.05) is 19.2 Å². The number of hydrogen-bond donors (Lipinski definition) is 1. The SMILES string of the molecule is OCCCN(CCC1CC1)C1CCC1. The molecule has 2 aliphatic carbocycles. The summed E-state index contributed by atoms with van der Waals surface area (Å²) in [6, 6.07) is 0.861. The van der Waals surface area contributed by atoms with E-state index in [0.717, 1.165) is 24.9 Å². The minimum absolute atomic E-state index is 0.354. The second-order valence-electron chi connectivity index (χ2n) is 4.93. The Balaban J connectivity index is 1.66. The number of aliphatic hydroxyl groups is 1. The van der Waals surface area contributed by atoms with Crippen LogP contribution in [0.3, 0.4) is 0 Å². The molecule has 0 spiro atoms. The smallest absolute Gasteiger partial charge is 0.0443 e.